The number of hydrogen-bond acceptors (Lipinski definition) is 5. The fraction of sp³-hybridized carbons (Fsp3) is 0.368. The van der Waals surface area contributed by atoms with Crippen LogP contribution < -0.4 is 4.31 Å². The molecule has 27 heavy (non-hydrogen) atoms. The van der Waals surface area contributed by atoms with E-state index in [-0.39, 0.29) is 6.09 Å². The molecule has 0 saturated carbocycles. The number of hydrogen-bond donors (Lipinski definition) is 0. The van der Waals surface area contributed by atoms with Crippen molar-refractivity contribution >= 4 is 28.7 Å². The molecule has 0 radical (unpaired) electrons. The highest BCUT2D eigenvalue weighted by Gasteiger charge is 2.26. The molecule has 1 amide bonds. The number of carbonyl (C=O) groups excluding carboxylic acids is 1. The van der Waals surface area contributed by atoms with Gasteiger partial charge in [0, 0.05) is 19.3 Å². The van der Waals surface area contributed by atoms with Crippen LogP contribution in [0, 0.1) is 0 Å². The maximum atomic E-state index is 12.3. The van der Waals surface area contributed by atoms with Crippen molar-refractivity contribution in [2.75, 3.05) is 10.8 Å². The Hall–Kier alpha value is -2.45. The van der Waals surface area contributed by atoms with E-state index in [1.165, 1.54) is 10.5 Å². The number of rotatable bonds is 3. The third-order valence-corrected chi connectivity index (χ3v) is 4.84. The SMILES string of the molecule is CC(C)(C)OC(=O)N1CCc2cc(N(c3cccnc3)S(=O)[O-])ccc2C1. The third kappa shape index (κ3) is 4.64. The van der Waals surface area contributed by atoms with E-state index < -0.39 is 16.9 Å². The van der Waals surface area contributed by atoms with Crippen LogP contribution in [0.15, 0.2) is 42.7 Å². The summed E-state index contributed by atoms with van der Waals surface area (Å²) in [5.74, 6) is 0. The molecule has 8 heteroatoms. The minimum atomic E-state index is -2.47. The monoisotopic (exact) mass is 388 g/mol. The van der Waals surface area contributed by atoms with Crippen LogP contribution in [0.25, 0.3) is 0 Å². The average Bonchev–Trinajstić information content (AvgIpc) is 2.60. The summed E-state index contributed by atoms with van der Waals surface area (Å²) < 4.78 is 30.2. The topological polar surface area (TPSA) is 85.8 Å². The molecule has 1 aliphatic heterocycles. The fourth-order valence-corrected chi connectivity index (χ4v) is 3.51. The third-order valence-electron chi connectivity index (χ3n) is 4.12. The first kappa shape index (κ1) is 19.3. The molecule has 2 heterocycles. The van der Waals surface area contributed by atoms with E-state index in [1.54, 1.807) is 29.3 Å². The lowest BCUT2D eigenvalue weighted by molar-refractivity contribution is 0.0224. The number of amides is 1. The highest BCUT2D eigenvalue weighted by Crippen LogP contribution is 2.30. The van der Waals surface area contributed by atoms with E-state index in [4.69, 9.17) is 4.74 Å². The van der Waals surface area contributed by atoms with Crippen LogP contribution in [-0.4, -0.2) is 36.9 Å². The second kappa shape index (κ2) is 7.66. The Morgan fingerprint density at radius 1 is 1.26 bits per heavy atom. The van der Waals surface area contributed by atoms with Gasteiger partial charge in [-0.25, -0.2) is 4.79 Å². The molecule has 1 aliphatic rings. The Balaban J connectivity index is 1.82. The first-order valence-electron chi connectivity index (χ1n) is 8.64. The van der Waals surface area contributed by atoms with Gasteiger partial charge in [-0.15, -0.1) is 0 Å². The van der Waals surface area contributed by atoms with Gasteiger partial charge in [-0.05, 0) is 62.6 Å². The van der Waals surface area contributed by atoms with Crippen LogP contribution >= 0.6 is 0 Å². The Labute approximate surface area is 161 Å². The number of nitrogens with zero attached hydrogens (tertiary/aromatic N) is 3. The van der Waals surface area contributed by atoms with Gasteiger partial charge in [0.1, 0.15) is 5.60 Å². The van der Waals surface area contributed by atoms with E-state index in [0.717, 1.165) is 11.1 Å². The summed E-state index contributed by atoms with van der Waals surface area (Å²) in [6.07, 6.45) is 3.39. The molecule has 1 aromatic carbocycles. The second-order valence-electron chi connectivity index (χ2n) is 7.33. The first-order valence-corrected chi connectivity index (χ1v) is 9.67. The molecule has 2 aromatic rings. The molecule has 0 saturated heterocycles. The highest BCUT2D eigenvalue weighted by molar-refractivity contribution is 7.81. The summed E-state index contributed by atoms with van der Waals surface area (Å²) in [5.41, 5.74) is 2.48. The Morgan fingerprint density at radius 3 is 2.67 bits per heavy atom. The van der Waals surface area contributed by atoms with Gasteiger partial charge in [0.05, 0.1) is 28.8 Å². The van der Waals surface area contributed by atoms with Crippen LogP contribution in [0.5, 0.6) is 0 Å². The molecular weight excluding hydrogens is 366 g/mol. The Bertz CT molecular complexity index is 852. The zero-order valence-corrected chi connectivity index (χ0v) is 16.4. The van der Waals surface area contributed by atoms with Gasteiger partial charge in [-0.3, -0.25) is 13.5 Å². The predicted molar refractivity (Wildman–Crippen MR) is 102 cm³/mol. The summed E-state index contributed by atoms with van der Waals surface area (Å²) >= 11 is -2.47. The van der Waals surface area contributed by atoms with Gasteiger partial charge in [0.2, 0.25) is 0 Å². The van der Waals surface area contributed by atoms with Crippen molar-refractivity contribution in [1.82, 2.24) is 9.88 Å². The van der Waals surface area contributed by atoms with E-state index >= 15 is 0 Å². The van der Waals surface area contributed by atoms with Crippen molar-refractivity contribution in [3.05, 3.63) is 53.9 Å². The molecule has 0 N–H and O–H groups in total. The van der Waals surface area contributed by atoms with Gasteiger partial charge >= 0.3 is 6.09 Å². The van der Waals surface area contributed by atoms with Crippen molar-refractivity contribution in [3.8, 4) is 0 Å². The summed E-state index contributed by atoms with van der Waals surface area (Å²) in [4.78, 5) is 17.9. The number of fused-ring (bicyclic) bond motifs is 1. The molecule has 3 rings (SSSR count). The van der Waals surface area contributed by atoms with E-state index in [2.05, 4.69) is 4.98 Å². The molecule has 144 valence electrons. The molecule has 1 unspecified atom stereocenters. The number of aromatic nitrogens is 1. The molecule has 0 bridgehead atoms. The van der Waals surface area contributed by atoms with Gasteiger partial charge in [-0.1, -0.05) is 6.07 Å². The number of carbonyl (C=O) groups is 1. The van der Waals surface area contributed by atoms with Crippen molar-refractivity contribution < 1.29 is 18.3 Å². The second-order valence-corrected chi connectivity index (χ2v) is 8.13. The Kier molecular flexibility index (Phi) is 5.48. The summed E-state index contributed by atoms with van der Waals surface area (Å²) in [6.45, 7) is 6.48. The minimum Gasteiger partial charge on any atom is -0.755 e. The largest absolute Gasteiger partial charge is 0.755 e. The van der Waals surface area contributed by atoms with Gasteiger partial charge in [-0.2, -0.15) is 0 Å². The molecule has 7 nitrogen and oxygen atoms in total. The maximum absolute atomic E-state index is 12.3. The number of benzene rings is 1. The van der Waals surface area contributed by atoms with E-state index in [1.807, 2.05) is 32.9 Å². The van der Waals surface area contributed by atoms with Crippen molar-refractivity contribution in [3.63, 3.8) is 0 Å². The molecule has 0 spiro atoms. The number of ether oxygens (including phenoxy) is 1. The maximum Gasteiger partial charge on any atom is 0.410 e. The first-order chi connectivity index (χ1) is 12.7. The molecule has 1 aromatic heterocycles. The zero-order valence-electron chi connectivity index (χ0n) is 15.5. The minimum absolute atomic E-state index is 0.338. The van der Waals surface area contributed by atoms with Gasteiger partial charge in [0.25, 0.3) is 0 Å². The number of pyridine rings is 1. The summed E-state index contributed by atoms with van der Waals surface area (Å²) in [7, 11) is 0. The van der Waals surface area contributed by atoms with Crippen LogP contribution in [0.1, 0.15) is 31.9 Å². The highest BCUT2D eigenvalue weighted by atomic mass is 32.2. The van der Waals surface area contributed by atoms with Crippen molar-refractivity contribution in [2.45, 2.75) is 39.3 Å². The normalized spacial score (nSPS) is 15.0. The smallest absolute Gasteiger partial charge is 0.410 e. The molecule has 0 fully saturated rings. The van der Waals surface area contributed by atoms with Crippen LogP contribution in [-0.2, 0) is 29.0 Å². The quantitative estimate of drug-likeness (QED) is 0.753. The van der Waals surface area contributed by atoms with Gasteiger partial charge < -0.3 is 14.2 Å². The standard InChI is InChI=1S/C19H23N3O4S/c1-19(2,3)26-18(23)21-10-8-14-11-16(7-6-15(14)13-21)22(27(24)25)17-5-4-9-20-12-17/h4-7,9,11-12H,8,10,13H2,1-3H3,(H,24,25)/p-1. The molecule has 1 atom stereocenters. The zero-order chi connectivity index (χ0) is 19.6. The number of anilines is 2. The van der Waals surface area contributed by atoms with E-state index in [9.17, 15) is 13.6 Å². The fourth-order valence-electron chi connectivity index (χ4n) is 2.94. The molecule has 0 aliphatic carbocycles. The summed E-state index contributed by atoms with van der Waals surface area (Å²) in [5, 5.41) is 0. The molecular formula is C19H22N3O4S-. The lowest BCUT2D eigenvalue weighted by Gasteiger charge is -2.32. The predicted octanol–water partition coefficient (Wildman–Crippen LogP) is 3.31. The lowest BCUT2D eigenvalue weighted by Crippen LogP contribution is -2.39. The van der Waals surface area contributed by atoms with Crippen molar-refractivity contribution in [1.29, 1.82) is 0 Å². The van der Waals surface area contributed by atoms with Crippen LogP contribution in [0.4, 0.5) is 16.2 Å². The Morgan fingerprint density at radius 2 is 2.04 bits per heavy atom. The van der Waals surface area contributed by atoms with E-state index in [0.29, 0.717) is 30.9 Å². The van der Waals surface area contributed by atoms with Crippen LogP contribution in [0.2, 0.25) is 0 Å². The average molecular weight is 388 g/mol. The summed E-state index contributed by atoms with van der Waals surface area (Å²) in [6, 6.07) is 8.82. The van der Waals surface area contributed by atoms with Crippen molar-refractivity contribution in [2.24, 2.45) is 0 Å². The van der Waals surface area contributed by atoms with Gasteiger partial charge in [0.15, 0.2) is 0 Å². The lowest BCUT2D eigenvalue weighted by atomic mass is 9.99. The van der Waals surface area contributed by atoms with Crippen LogP contribution in [0.3, 0.4) is 0 Å².